The van der Waals surface area contributed by atoms with Gasteiger partial charge in [0, 0.05) is 6.42 Å². The van der Waals surface area contributed by atoms with E-state index in [4.69, 9.17) is 9.84 Å². The number of amides is 2. The summed E-state index contributed by atoms with van der Waals surface area (Å²) in [6.45, 7) is 2.09. The molecule has 0 atom stereocenters. The van der Waals surface area contributed by atoms with Gasteiger partial charge in [0.25, 0.3) is 0 Å². The predicted octanol–water partition coefficient (Wildman–Crippen LogP) is 1.64. The molecule has 0 fully saturated rings. The normalized spacial score (nSPS) is 9.76. The molecule has 0 unspecified atom stereocenters. The number of rotatable bonds is 8. The molecule has 7 heteroatoms. The fourth-order valence-corrected chi connectivity index (χ4v) is 1.53. The van der Waals surface area contributed by atoms with Crippen LogP contribution in [-0.4, -0.2) is 36.0 Å². The first-order valence-electron chi connectivity index (χ1n) is 6.53. The zero-order valence-corrected chi connectivity index (χ0v) is 11.7. The molecule has 0 saturated heterocycles. The van der Waals surface area contributed by atoms with E-state index in [1.807, 2.05) is 6.92 Å². The largest absolute Gasteiger partial charge is 0.492 e. The number of carbonyl (C=O) groups excluding carboxylic acids is 2. The van der Waals surface area contributed by atoms with E-state index in [1.165, 1.54) is 0 Å². The van der Waals surface area contributed by atoms with Gasteiger partial charge < -0.3 is 20.5 Å². The Morgan fingerprint density at radius 3 is 2.57 bits per heavy atom. The number of hydrogen-bond acceptors (Lipinski definition) is 4. The second-order valence-electron chi connectivity index (χ2n) is 4.17. The van der Waals surface area contributed by atoms with Gasteiger partial charge in [0.2, 0.25) is 0 Å². The quantitative estimate of drug-likeness (QED) is 0.676. The summed E-state index contributed by atoms with van der Waals surface area (Å²) in [5.41, 5.74) is 0.495. The number of aliphatic carboxylic acids is 1. The van der Waals surface area contributed by atoms with Crippen LogP contribution in [0.5, 0.6) is 5.75 Å². The topological polar surface area (TPSA) is 105 Å². The number of ketones is 1. The molecule has 114 valence electrons. The summed E-state index contributed by atoms with van der Waals surface area (Å²) >= 11 is 0. The van der Waals surface area contributed by atoms with Crippen molar-refractivity contribution in [1.82, 2.24) is 5.32 Å². The monoisotopic (exact) mass is 294 g/mol. The lowest BCUT2D eigenvalue weighted by molar-refractivity contribution is -0.138. The molecule has 3 N–H and O–H groups in total. The second kappa shape index (κ2) is 8.57. The van der Waals surface area contributed by atoms with Crippen molar-refractivity contribution in [2.75, 3.05) is 18.5 Å². The van der Waals surface area contributed by atoms with E-state index in [9.17, 15) is 14.4 Å². The Hall–Kier alpha value is -2.57. The molecule has 1 aromatic rings. The summed E-state index contributed by atoms with van der Waals surface area (Å²) in [7, 11) is 0. The molecule has 0 aliphatic heterocycles. The maximum Gasteiger partial charge on any atom is 0.319 e. The van der Waals surface area contributed by atoms with Gasteiger partial charge in [-0.3, -0.25) is 9.59 Å². The third-order valence-electron chi connectivity index (χ3n) is 2.50. The molecule has 2 amide bonds. The number of para-hydroxylation sites is 2. The summed E-state index contributed by atoms with van der Waals surface area (Å²) in [4.78, 5) is 33.3. The standard InChI is InChI=1S/C14H18N2O5/c1-2-21-12-6-4-3-5-11(12)16-14(20)15-9-10(17)7-8-13(18)19/h3-6H,2,7-9H2,1H3,(H,18,19)(H2,15,16,20). The van der Waals surface area contributed by atoms with E-state index < -0.39 is 12.0 Å². The van der Waals surface area contributed by atoms with Crippen molar-refractivity contribution in [3.8, 4) is 5.75 Å². The first-order chi connectivity index (χ1) is 10.0. The van der Waals surface area contributed by atoms with Gasteiger partial charge in [-0.25, -0.2) is 4.79 Å². The minimum absolute atomic E-state index is 0.106. The van der Waals surface area contributed by atoms with E-state index in [2.05, 4.69) is 10.6 Å². The highest BCUT2D eigenvalue weighted by atomic mass is 16.5. The smallest absolute Gasteiger partial charge is 0.319 e. The molecular weight excluding hydrogens is 276 g/mol. The van der Waals surface area contributed by atoms with Gasteiger partial charge in [-0.15, -0.1) is 0 Å². The first-order valence-corrected chi connectivity index (χ1v) is 6.53. The van der Waals surface area contributed by atoms with E-state index >= 15 is 0 Å². The Kier molecular flexibility index (Phi) is 6.73. The van der Waals surface area contributed by atoms with Gasteiger partial charge in [-0.1, -0.05) is 12.1 Å². The molecule has 0 aromatic heterocycles. The Labute approximate surface area is 122 Å². The Morgan fingerprint density at radius 2 is 1.90 bits per heavy atom. The summed E-state index contributed by atoms with van der Waals surface area (Å²) in [5.74, 6) is -0.851. The lowest BCUT2D eigenvalue weighted by Crippen LogP contribution is -2.33. The number of anilines is 1. The fourth-order valence-electron chi connectivity index (χ4n) is 1.53. The number of benzene rings is 1. The number of carboxylic acids is 1. The lowest BCUT2D eigenvalue weighted by atomic mass is 10.2. The van der Waals surface area contributed by atoms with Gasteiger partial charge in [0.1, 0.15) is 5.75 Å². The minimum atomic E-state index is -1.04. The van der Waals surface area contributed by atoms with E-state index in [0.717, 1.165) is 0 Å². The van der Waals surface area contributed by atoms with Crippen molar-refractivity contribution in [3.63, 3.8) is 0 Å². The zero-order valence-electron chi connectivity index (χ0n) is 11.7. The van der Waals surface area contributed by atoms with Crippen LogP contribution in [0.3, 0.4) is 0 Å². The first kappa shape index (κ1) is 16.5. The van der Waals surface area contributed by atoms with E-state index in [1.54, 1.807) is 24.3 Å². The summed E-state index contributed by atoms with van der Waals surface area (Å²) < 4.78 is 5.35. The van der Waals surface area contributed by atoms with Crippen LogP contribution in [0.25, 0.3) is 0 Å². The van der Waals surface area contributed by atoms with Crippen LogP contribution in [0.4, 0.5) is 10.5 Å². The highest BCUT2D eigenvalue weighted by Crippen LogP contribution is 2.23. The second-order valence-corrected chi connectivity index (χ2v) is 4.17. The van der Waals surface area contributed by atoms with Gasteiger partial charge >= 0.3 is 12.0 Å². The van der Waals surface area contributed by atoms with Crippen molar-refractivity contribution in [2.24, 2.45) is 0 Å². The Balaban J connectivity index is 2.43. The van der Waals surface area contributed by atoms with Crippen LogP contribution in [0.2, 0.25) is 0 Å². The molecule has 0 bridgehead atoms. The maximum absolute atomic E-state index is 11.7. The molecule has 21 heavy (non-hydrogen) atoms. The van der Waals surface area contributed by atoms with Crippen LogP contribution in [0.15, 0.2) is 24.3 Å². The summed E-state index contributed by atoms with van der Waals surface area (Å²) in [6, 6.07) is 6.37. The average Bonchev–Trinajstić information content (AvgIpc) is 2.45. The van der Waals surface area contributed by atoms with Gasteiger partial charge in [0.05, 0.1) is 25.3 Å². The third kappa shape index (κ3) is 6.42. The van der Waals surface area contributed by atoms with Crippen molar-refractivity contribution < 1.29 is 24.2 Å². The summed E-state index contributed by atoms with van der Waals surface area (Å²) in [5, 5.41) is 13.4. The number of nitrogens with one attached hydrogen (secondary N) is 2. The molecule has 0 saturated carbocycles. The predicted molar refractivity (Wildman–Crippen MR) is 76.5 cm³/mol. The molecule has 7 nitrogen and oxygen atoms in total. The number of urea groups is 1. The van der Waals surface area contributed by atoms with Crippen molar-refractivity contribution in [2.45, 2.75) is 19.8 Å². The molecule has 0 radical (unpaired) electrons. The number of hydrogen-bond donors (Lipinski definition) is 3. The fraction of sp³-hybridized carbons (Fsp3) is 0.357. The number of Topliss-reactive ketones (excluding diaryl/α,β-unsaturated/α-hetero) is 1. The highest BCUT2D eigenvalue weighted by Gasteiger charge is 2.09. The molecule has 0 heterocycles. The van der Waals surface area contributed by atoms with Crippen LogP contribution in [-0.2, 0) is 9.59 Å². The van der Waals surface area contributed by atoms with Crippen LogP contribution in [0, 0.1) is 0 Å². The van der Waals surface area contributed by atoms with Gasteiger partial charge in [0.15, 0.2) is 5.78 Å². The third-order valence-corrected chi connectivity index (χ3v) is 2.50. The van der Waals surface area contributed by atoms with E-state index in [0.29, 0.717) is 18.0 Å². The molecule has 0 aliphatic carbocycles. The highest BCUT2D eigenvalue weighted by molar-refractivity contribution is 5.94. The summed E-state index contributed by atoms with van der Waals surface area (Å²) in [6.07, 6.45) is -0.347. The Bertz CT molecular complexity index is 516. The van der Waals surface area contributed by atoms with Gasteiger partial charge in [-0.05, 0) is 19.1 Å². The molecule has 1 rings (SSSR count). The molecule has 1 aromatic carbocycles. The van der Waals surface area contributed by atoms with Crippen LogP contribution >= 0.6 is 0 Å². The molecule has 0 aliphatic rings. The SMILES string of the molecule is CCOc1ccccc1NC(=O)NCC(=O)CCC(=O)O. The average molecular weight is 294 g/mol. The van der Waals surface area contributed by atoms with Crippen LogP contribution < -0.4 is 15.4 Å². The van der Waals surface area contributed by atoms with Crippen LogP contribution in [0.1, 0.15) is 19.8 Å². The van der Waals surface area contributed by atoms with Crippen molar-refractivity contribution in [3.05, 3.63) is 24.3 Å². The zero-order chi connectivity index (χ0) is 15.7. The molecular formula is C14H18N2O5. The lowest BCUT2D eigenvalue weighted by Gasteiger charge is -2.11. The van der Waals surface area contributed by atoms with Crippen molar-refractivity contribution >= 4 is 23.5 Å². The molecule has 0 spiro atoms. The Morgan fingerprint density at radius 1 is 1.19 bits per heavy atom. The van der Waals surface area contributed by atoms with Gasteiger partial charge in [-0.2, -0.15) is 0 Å². The number of ether oxygens (including phenoxy) is 1. The number of carboxylic acid groups (broad SMARTS) is 1. The van der Waals surface area contributed by atoms with E-state index in [-0.39, 0.29) is 25.2 Å². The minimum Gasteiger partial charge on any atom is -0.492 e. The number of carbonyl (C=O) groups is 3. The van der Waals surface area contributed by atoms with Crippen molar-refractivity contribution in [1.29, 1.82) is 0 Å². The maximum atomic E-state index is 11.7.